The Hall–Kier alpha value is -4.37. The molecule has 8 nitrogen and oxygen atoms in total. The molecule has 8 heteroatoms. The van der Waals surface area contributed by atoms with Crippen molar-refractivity contribution >= 4 is 23.4 Å². The Labute approximate surface area is 290 Å². The van der Waals surface area contributed by atoms with Crippen LogP contribution in [0.5, 0.6) is 5.75 Å². The highest BCUT2D eigenvalue weighted by atomic mass is 16.5. The third kappa shape index (κ3) is 9.63. The topological polar surface area (TPSA) is 76.4 Å². The number of hydrogen-bond donors (Lipinski definition) is 1. The second-order valence-corrected chi connectivity index (χ2v) is 13.0. The van der Waals surface area contributed by atoms with E-state index >= 15 is 0 Å². The number of amides is 1. The summed E-state index contributed by atoms with van der Waals surface area (Å²) in [6, 6.07) is 25.4. The monoisotopic (exact) mass is 663 g/mol. The van der Waals surface area contributed by atoms with Crippen LogP contribution in [-0.4, -0.2) is 63.5 Å². The minimum atomic E-state index is -0.0752. The van der Waals surface area contributed by atoms with E-state index in [1.54, 1.807) is 12.5 Å². The summed E-state index contributed by atoms with van der Waals surface area (Å²) in [4.78, 5) is 18.4. The molecule has 1 N–H and O–H groups in total. The van der Waals surface area contributed by atoms with Crippen LogP contribution < -0.4 is 15.0 Å². The maximum Gasteiger partial charge on any atom is 0.251 e. The van der Waals surface area contributed by atoms with Gasteiger partial charge in [0.05, 0.1) is 19.1 Å². The number of nitrogens with one attached hydrogen (secondary N) is 1. The maximum absolute atomic E-state index is 13.7. The quantitative estimate of drug-likeness (QED) is 0.129. The molecule has 0 saturated carbocycles. The zero-order valence-corrected chi connectivity index (χ0v) is 28.9. The number of rotatable bonds is 15. The van der Waals surface area contributed by atoms with Gasteiger partial charge >= 0.3 is 0 Å². The predicted molar refractivity (Wildman–Crippen MR) is 196 cm³/mol. The standard InChI is InChI=1S/C41H49N3O5/c1-3-4-20-46-24-25-49-39-12-7-33(8-13-39)34-9-14-40-36(26-34)27-35(15-19-44(40)29-32-16-21-48-30-32)41(45)42-37-10-5-31(6-11-37)28-43(2)38-17-22-47-23-18-38/h5-14,16,21,26-27,30,38H,3-4,15,17-20,22-25,28-29H2,1-2H3,(H,42,45). The van der Waals surface area contributed by atoms with Crippen LogP contribution in [0.25, 0.3) is 17.2 Å². The van der Waals surface area contributed by atoms with Gasteiger partial charge in [-0.25, -0.2) is 0 Å². The fourth-order valence-electron chi connectivity index (χ4n) is 6.48. The van der Waals surface area contributed by atoms with Crippen LogP contribution in [-0.2, 0) is 27.4 Å². The van der Waals surface area contributed by atoms with E-state index in [0.29, 0.717) is 38.8 Å². The lowest BCUT2D eigenvalue weighted by molar-refractivity contribution is -0.112. The van der Waals surface area contributed by atoms with E-state index in [2.05, 4.69) is 77.6 Å². The molecule has 0 unspecified atom stereocenters. The van der Waals surface area contributed by atoms with Crippen molar-refractivity contribution in [3.63, 3.8) is 0 Å². The van der Waals surface area contributed by atoms with E-state index in [-0.39, 0.29) is 5.91 Å². The van der Waals surface area contributed by atoms with Crippen LogP contribution in [0.1, 0.15) is 55.7 Å². The van der Waals surface area contributed by atoms with Crippen molar-refractivity contribution in [3.8, 4) is 16.9 Å². The third-order valence-electron chi connectivity index (χ3n) is 9.38. The van der Waals surface area contributed by atoms with Crippen molar-refractivity contribution in [2.75, 3.05) is 56.8 Å². The lowest BCUT2D eigenvalue weighted by Gasteiger charge is -2.31. The number of fused-ring (bicyclic) bond motifs is 1. The first-order chi connectivity index (χ1) is 24.1. The Balaban J connectivity index is 1.15. The second kappa shape index (κ2) is 17.3. The Kier molecular flexibility index (Phi) is 12.2. The average molecular weight is 664 g/mol. The number of hydrogen-bond acceptors (Lipinski definition) is 7. The van der Waals surface area contributed by atoms with Gasteiger partial charge in [0.1, 0.15) is 12.4 Å². The number of furan rings is 1. The summed E-state index contributed by atoms with van der Waals surface area (Å²) in [5.74, 6) is 0.746. The fraction of sp³-hybridized carbons (Fsp3) is 0.390. The van der Waals surface area contributed by atoms with E-state index < -0.39 is 0 Å². The molecule has 2 aliphatic rings. The zero-order chi connectivity index (χ0) is 33.8. The molecule has 3 aromatic carbocycles. The van der Waals surface area contributed by atoms with E-state index in [0.717, 1.165) is 97.0 Å². The number of ether oxygens (including phenoxy) is 3. The average Bonchev–Trinajstić information content (AvgIpc) is 3.58. The van der Waals surface area contributed by atoms with Gasteiger partial charge in [-0.2, -0.15) is 0 Å². The van der Waals surface area contributed by atoms with Crippen molar-refractivity contribution in [1.82, 2.24) is 4.90 Å². The minimum Gasteiger partial charge on any atom is -0.491 e. The van der Waals surface area contributed by atoms with Crippen molar-refractivity contribution in [1.29, 1.82) is 0 Å². The van der Waals surface area contributed by atoms with Gasteiger partial charge in [-0.1, -0.05) is 43.7 Å². The molecule has 0 atom stereocenters. The molecule has 0 spiro atoms. The highest BCUT2D eigenvalue weighted by molar-refractivity contribution is 6.07. The van der Waals surface area contributed by atoms with E-state index in [1.807, 2.05) is 30.3 Å². The summed E-state index contributed by atoms with van der Waals surface area (Å²) >= 11 is 0. The molecule has 0 bridgehead atoms. The predicted octanol–water partition coefficient (Wildman–Crippen LogP) is 8.19. The molecule has 0 aliphatic carbocycles. The number of unbranched alkanes of at least 4 members (excludes halogenated alkanes) is 1. The van der Waals surface area contributed by atoms with Gasteiger partial charge in [0.15, 0.2) is 0 Å². The van der Waals surface area contributed by atoms with Crippen molar-refractivity contribution in [2.24, 2.45) is 0 Å². The Bertz CT molecular complexity index is 1640. The molecule has 1 saturated heterocycles. The summed E-state index contributed by atoms with van der Waals surface area (Å²) in [7, 11) is 2.18. The number of carbonyl (C=O) groups is 1. The van der Waals surface area contributed by atoms with Crippen LogP contribution in [0, 0.1) is 0 Å². The Morgan fingerprint density at radius 3 is 2.49 bits per heavy atom. The van der Waals surface area contributed by atoms with Gasteiger partial charge in [0.25, 0.3) is 5.91 Å². The number of benzene rings is 3. The van der Waals surface area contributed by atoms with Gasteiger partial charge in [-0.15, -0.1) is 0 Å². The molecule has 6 rings (SSSR count). The minimum absolute atomic E-state index is 0.0752. The summed E-state index contributed by atoms with van der Waals surface area (Å²) in [6.45, 7) is 8.00. The molecule has 2 aliphatic heterocycles. The fourth-order valence-corrected chi connectivity index (χ4v) is 6.48. The number of carbonyl (C=O) groups excluding carboxylic acids is 1. The van der Waals surface area contributed by atoms with Crippen LogP contribution in [0.3, 0.4) is 0 Å². The molecular formula is C41H49N3O5. The highest BCUT2D eigenvalue weighted by Crippen LogP contribution is 2.34. The maximum atomic E-state index is 13.7. The molecule has 258 valence electrons. The SMILES string of the molecule is CCCCOCCOc1ccc(-c2ccc3c(c2)C=C(C(=O)Nc2ccc(CN(C)C4CCOCC4)cc2)CCN3Cc2ccoc2)cc1. The highest BCUT2D eigenvalue weighted by Gasteiger charge is 2.22. The third-order valence-corrected chi connectivity index (χ3v) is 9.38. The molecule has 0 radical (unpaired) electrons. The molecule has 4 aromatic rings. The lowest BCUT2D eigenvalue weighted by atomic mass is 10.00. The largest absolute Gasteiger partial charge is 0.491 e. The normalized spacial score (nSPS) is 15.1. The summed E-state index contributed by atoms with van der Waals surface area (Å²) in [5.41, 5.74) is 8.14. The van der Waals surface area contributed by atoms with E-state index in [4.69, 9.17) is 18.6 Å². The van der Waals surface area contributed by atoms with Crippen LogP contribution in [0.2, 0.25) is 0 Å². The van der Waals surface area contributed by atoms with Gasteiger partial charge in [0, 0.05) is 68.0 Å². The van der Waals surface area contributed by atoms with Gasteiger partial charge in [0.2, 0.25) is 0 Å². The Morgan fingerprint density at radius 2 is 1.73 bits per heavy atom. The summed E-state index contributed by atoms with van der Waals surface area (Å²) in [6.07, 6.45) is 10.5. The first-order valence-corrected chi connectivity index (χ1v) is 17.7. The smallest absolute Gasteiger partial charge is 0.251 e. The van der Waals surface area contributed by atoms with Crippen LogP contribution in [0.4, 0.5) is 11.4 Å². The molecule has 1 amide bonds. The number of anilines is 2. The molecular weight excluding hydrogens is 614 g/mol. The lowest BCUT2D eigenvalue weighted by Crippen LogP contribution is -2.36. The van der Waals surface area contributed by atoms with Crippen molar-refractivity contribution in [2.45, 2.75) is 58.2 Å². The van der Waals surface area contributed by atoms with Gasteiger partial charge in [-0.3, -0.25) is 9.69 Å². The molecule has 1 fully saturated rings. The first-order valence-electron chi connectivity index (χ1n) is 17.7. The molecule has 3 heterocycles. The van der Waals surface area contributed by atoms with E-state index in [9.17, 15) is 4.79 Å². The molecule has 1 aromatic heterocycles. The van der Waals surface area contributed by atoms with Crippen LogP contribution in [0.15, 0.2) is 95.3 Å². The zero-order valence-electron chi connectivity index (χ0n) is 28.9. The summed E-state index contributed by atoms with van der Waals surface area (Å²) in [5, 5.41) is 3.16. The van der Waals surface area contributed by atoms with Crippen molar-refractivity contribution < 1.29 is 23.4 Å². The van der Waals surface area contributed by atoms with Gasteiger partial charge < -0.3 is 28.8 Å². The second-order valence-electron chi connectivity index (χ2n) is 13.0. The molecule has 49 heavy (non-hydrogen) atoms. The number of nitrogens with zero attached hydrogens (tertiary/aromatic N) is 2. The van der Waals surface area contributed by atoms with Gasteiger partial charge in [-0.05, 0) is 104 Å². The van der Waals surface area contributed by atoms with E-state index in [1.165, 1.54) is 5.56 Å². The van der Waals surface area contributed by atoms with Crippen LogP contribution >= 0.6 is 0 Å². The summed E-state index contributed by atoms with van der Waals surface area (Å²) < 4.78 is 22.4. The first kappa shape index (κ1) is 34.5. The Morgan fingerprint density at radius 1 is 0.939 bits per heavy atom. The van der Waals surface area contributed by atoms with Crippen molar-refractivity contribution in [3.05, 3.63) is 108 Å².